The number of thioether (sulfide) groups is 1. The van der Waals surface area contributed by atoms with Crippen LogP contribution in [-0.2, 0) is 11.2 Å². The van der Waals surface area contributed by atoms with E-state index in [1.165, 1.54) is 17.3 Å². The summed E-state index contributed by atoms with van der Waals surface area (Å²) in [6, 6.07) is 7.91. The Balaban J connectivity index is 2.60. The second-order valence-corrected chi connectivity index (χ2v) is 6.89. The minimum Gasteiger partial charge on any atom is -0.497 e. The molecule has 1 rings (SSSR count). The molecule has 0 radical (unpaired) electrons. The van der Waals surface area contributed by atoms with Gasteiger partial charge in [-0.3, -0.25) is 4.79 Å². The van der Waals surface area contributed by atoms with Gasteiger partial charge in [0.1, 0.15) is 5.75 Å². The second kappa shape index (κ2) is 9.21. The van der Waals surface area contributed by atoms with E-state index in [9.17, 15) is 4.79 Å². The molecule has 2 nitrogen and oxygen atoms in total. The van der Waals surface area contributed by atoms with Crippen LogP contribution < -0.4 is 4.74 Å². The summed E-state index contributed by atoms with van der Waals surface area (Å²) >= 11 is 5.72. The number of methoxy groups -OCH3 is 1. The molecular weight excluding hydrogens is 300 g/mol. The maximum atomic E-state index is 12.2. The van der Waals surface area contributed by atoms with Gasteiger partial charge in [-0.25, -0.2) is 0 Å². The van der Waals surface area contributed by atoms with Gasteiger partial charge < -0.3 is 4.74 Å². The molecule has 21 heavy (non-hydrogen) atoms. The number of ether oxygens (including phenoxy) is 1. The summed E-state index contributed by atoms with van der Waals surface area (Å²) in [5, 5.41) is 0.418. The van der Waals surface area contributed by atoms with Crippen molar-refractivity contribution in [2.75, 3.05) is 12.9 Å². The summed E-state index contributed by atoms with van der Waals surface area (Å²) in [5.74, 6) is 2.02. The minimum absolute atomic E-state index is 0.149. The van der Waals surface area contributed by atoms with Crippen LogP contribution in [0.5, 0.6) is 5.75 Å². The molecule has 0 spiro atoms. The van der Waals surface area contributed by atoms with E-state index < -0.39 is 0 Å². The quantitative estimate of drug-likeness (QED) is 0.595. The SMILES string of the molecule is COc1ccc(C/C=C(\C)C(=O)SC(CS)C(C)C)cc1. The molecule has 1 aromatic rings. The monoisotopic (exact) mass is 324 g/mol. The average Bonchev–Trinajstić information content (AvgIpc) is 2.50. The molecule has 0 aliphatic rings. The van der Waals surface area contributed by atoms with E-state index in [-0.39, 0.29) is 10.4 Å². The molecule has 4 heteroatoms. The van der Waals surface area contributed by atoms with Crippen molar-refractivity contribution in [3.05, 3.63) is 41.5 Å². The Hall–Kier alpha value is -0.870. The highest BCUT2D eigenvalue weighted by atomic mass is 32.2. The highest BCUT2D eigenvalue weighted by Crippen LogP contribution is 2.24. The first-order valence-electron chi connectivity index (χ1n) is 7.09. The molecule has 1 aromatic carbocycles. The summed E-state index contributed by atoms with van der Waals surface area (Å²) in [7, 11) is 1.65. The van der Waals surface area contributed by atoms with Crippen LogP contribution in [0.2, 0.25) is 0 Å². The first kappa shape index (κ1) is 18.2. The molecule has 0 fully saturated rings. The molecule has 1 unspecified atom stereocenters. The third-order valence-corrected chi connectivity index (χ3v) is 5.50. The van der Waals surface area contributed by atoms with E-state index in [1.807, 2.05) is 37.3 Å². The maximum absolute atomic E-state index is 12.2. The summed E-state index contributed by atoms with van der Waals surface area (Å²) < 4.78 is 5.13. The van der Waals surface area contributed by atoms with Gasteiger partial charge in [0.15, 0.2) is 0 Å². The molecule has 0 aliphatic carbocycles. The smallest absolute Gasteiger partial charge is 0.215 e. The van der Waals surface area contributed by atoms with Gasteiger partial charge in [-0.2, -0.15) is 12.6 Å². The van der Waals surface area contributed by atoms with Crippen molar-refractivity contribution in [2.24, 2.45) is 5.92 Å². The first-order chi connectivity index (χ1) is 9.97. The Morgan fingerprint density at radius 1 is 1.33 bits per heavy atom. The number of benzene rings is 1. The number of carbonyl (C=O) groups is 1. The zero-order valence-corrected chi connectivity index (χ0v) is 14.8. The van der Waals surface area contributed by atoms with Crippen molar-refractivity contribution in [1.29, 1.82) is 0 Å². The van der Waals surface area contributed by atoms with Crippen LogP contribution in [0.1, 0.15) is 26.3 Å². The average molecular weight is 325 g/mol. The fraction of sp³-hybridized carbons (Fsp3) is 0.471. The fourth-order valence-electron chi connectivity index (χ4n) is 1.73. The lowest BCUT2D eigenvalue weighted by Gasteiger charge is -2.16. The van der Waals surface area contributed by atoms with Crippen molar-refractivity contribution in [1.82, 2.24) is 0 Å². The lowest BCUT2D eigenvalue weighted by molar-refractivity contribution is -0.107. The van der Waals surface area contributed by atoms with Gasteiger partial charge in [0, 0.05) is 11.0 Å². The summed E-state index contributed by atoms with van der Waals surface area (Å²) in [4.78, 5) is 12.2. The highest BCUT2D eigenvalue weighted by Gasteiger charge is 2.17. The van der Waals surface area contributed by atoms with E-state index >= 15 is 0 Å². The number of rotatable bonds is 7. The predicted octanol–water partition coefficient (Wildman–Crippen LogP) is 4.40. The first-order valence-corrected chi connectivity index (χ1v) is 8.60. The highest BCUT2D eigenvalue weighted by molar-refractivity contribution is 8.15. The molecule has 116 valence electrons. The fourth-order valence-corrected chi connectivity index (χ4v) is 3.27. The van der Waals surface area contributed by atoms with Gasteiger partial charge in [-0.1, -0.05) is 43.8 Å². The number of hydrogen-bond donors (Lipinski definition) is 1. The van der Waals surface area contributed by atoms with Crippen molar-refractivity contribution >= 4 is 29.5 Å². The third-order valence-electron chi connectivity index (χ3n) is 3.31. The van der Waals surface area contributed by atoms with Crippen LogP contribution in [0, 0.1) is 5.92 Å². The van der Waals surface area contributed by atoms with E-state index in [0.717, 1.165) is 23.5 Å². The van der Waals surface area contributed by atoms with Gasteiger partial charge in [0.05, 0.1) is 7.11 Å². The third kappa shape index (κ3) is 6.18. The Morgan fingerprint density at radius 2 is 1.95 bits per heavy atom. The lowest BCUT2D eigenvalue weighted by Crippen LogP contribution is -2.16. The van der Waals surface area contributed by atoms with Crippen LogP contribution in [-0.4, -0.2) is 23.2 Å². The topological polar surface area (TPSA) is 26.3 Å². The summed E-state index contributed by atoms with van der Waals surface area (Å²) in [6.45, 7) is 6.13. The zero-order chi connectivity index (χ0) is 15.8. The van der Waals surface area contributed by atoms with Crippen LogP contribution in [0.4, 0.5) is 0 Å². The molecule has 0 N–H and O–H groups in total. The number of allylic oxidation sites excluding steroid dienone is 1. The van der Waals surface area contributed by atoms with Crippen molar-refractivity contribution in [2.45, 2.75) is 32.4 Å². The molecular formula is C17H24O2S2. The Kier molecular flexibility index (Phi) is 7.97. The van der Waals surface area contributed by atoms with Crippen LogP contribution in [0.3, 0.4) is 0 Å². The number of hydrogen-bond acceptors (Lipinski definition) is 4. The second-order valence-electron chi connectivity index (χ2n) is 5.31. The lowest BCUT2D eigenvalue weighted by atomic mass is 10.1. The summed E-state index contributed by atoms with van der Waals surface area (Å²) in [6.07, 6.45) is 2.75. The normalized spacial score (nSPS) is 13.3. The predicted molar refractivity (Wildman–Crippen MR) is 95.5 cm³/mol. The Labute approximate surface area is 137 Å². The van der Waals surface area contributed by atoms with Crippen LogP contribution in [0.15, 0.2) is 35.9 Å². The van der Waals surface area contributed by atoms with Gasteiger partial charge in [-0.05, 0) is 42.5 Å². The van der Waals surface area contributed by atoms with Gasteiger partial charge in [0.25, 0.3) is 0 Å². The molecule has 0 saturated heterocycles. The molecule has 0 bridgehead atoms. The maximum Gasteiger partial charge on any atom is 0.215 e. The molecule has 0 aromatic heterocycles. The summed E-state index contributed by atoms with van der Waals surface area (Å²) in [5.41, 5.74) is 1.98. The number of thiol groups is 1. The van der Waals surface area contributed by atoms with Crippen LogP contribution >= 0.6 is 24.4 Å². The molecule has 0 amide bonds. The van der Waals surface area contributed by atoms with Crippen LogP contribution in [0.25, 0.3) is 0 Å². The largest absolute Gasteiger partial charge is 0.497 e. The standard InChI is InChI=1S/C17H24O2S2/c1-12(2)16(11-20)21-17(18)13(3)5-6-14-7-9-15(19-4)10-8-14/h5,7-10,12,16,20H,6,11H2,1-4H3/b13-5+. The Bertz CT molecular complexity index is 478. The Morgan fingerprint density at radius 3 is 2.43 bits per heavy atom. The van der Waals surface area contributed by atoms with E-state index in [2.05, 4.69) is 26.5 Å². The van der Waals surface area contributed by atoms with E-state index in [4.69, 9.17) is 4.74 Å². The van der Waals surface area contributed by atoms with Gasteiger partial charge in [0.2, 0.25) is 5.12 Å². The van der Waals surface area contributed by atoms with Crippen molar-refractivity contribution < 1.29 is 9.53 Å². The van der Waals surface area contributed by atoms with Crippen molar-refractivity contribution in [3.8, 4) is 5.75 Å². The molecule has 0 saturated carbocycles. The van der Waals surface area contributed by atoms with Gasteiger partial charge >= 0.3 is 0 Å². The molecule has 0 aliphatic heterocycles. The van der Waals surface area contributed by atoms with Gasteiger partial charge in [-0.15, -0.1) is 0 Å². The van der Waals surface area contributed by atoms with E-state index in [0.29, 0.717) is 5.92 Å². The molecule has 1 atom stereocenters. The van der Waals surface area contributed by atoms with Crippen molar-refractivity contribution in [3.63, 3.8) is 0 Å². The molecule has 0 heterocycles. The zero-order valence-electron chi connectivity index (χ0n) is 13.1. The number of carbonyl (C=O) groups excluding carboxylic acids is 1. The van der Waals surface area contributed by atoms with E-state index in [1.54, 1.807) is 7.11 Å². The minimum atomic E-state index is 0.149.